The van der Waals surface area contributed by atoms with Gasteiger partial charge < -0.3 is 25.6 Å². The Bertz CT molecular complexity index is 1000. The minimum atomic E-state index is -1.56. The summed E-state index contributed by atoms with van der Waals surface area (Å²) in [5.74, 6) is -1.90. The maximum Gasteiger partial charge on any atom is 0.407 e. The van der Waals surface area contributed by atoms with E-state index in [1.165, 1.54) is 0 Å². The third-order valence-electron chi connectivity index (χ3n) is 5.77. The van der Waals surface area contributed by atoms with Crippen LogP contribution in [0.4, 0.5) is 4.79 Å². The zero-order valence-corrected chi connectivity index (χ0v) is 19.7. The van der Waals surface area contributed by atoms with E-state index in [2.05, 4.69) is 22.8 Å². The minimum absolute atomic E-state index is 0.0285. The molecule has 2 amide bonds. The Balaban J connectivity index is 1.62. The van der Waals surface area contributed by atoms with E-state index in [-0.39, 0.29) is 30.9 Å². The summed E-state index contributed by atoms with van der Waals surface area (Å²) in [7, 11) is 0. The molecule has 3 rings (SSSR count). The first-order chi connectivity index (χ1) is 16.1. The van der Waals surface area contributed by atoms with Crippen LogP contribution < -0.4 is 10.6 Å². The molecule has 1 aliphatic carbocycles. The van der Waals surface area contributed by atoms with Crippen molar-refractivity contribution in [3.8, 4) is 11.1 Å². The first-order valence-corrected chi connectivity index (χ1v) is 11.4. The minimum Gasteiger partial charge on any atom is -0.479 e. The van der Waals surface area contributed by atoms with E-state index >= 15 is 0 Å². The number of benzene rings is 2. The molecule has 8 heteroatoms. The van der Waals surface area contributed by atoms with E-state index in [1.807, 2.05) is 57.2 Å². The fourth-order valence-electron chi connectivity index (χ4n) is 4.18. The van der Waals surface area contributed by atoms with Crippen LogP contribution in [-0.2, 0) is 14.3 Å². The van der Waals surface area contributed by atoms with Gasteiger partial charge in [-0.15, -0.1) is 0 Å². The monoisotopic (exact) mass is 468 g/mol. The molecule has 0 spiro atoms. The molecule has 2 atom stereocenters. The van der Waals surface area contributed by atoms with Crippen LogP contribution in [0.25, 0.3) is 11.1 Å². The van der Waals surface area contributed by atoms with Gasteiger partial charge in [-0.2, -0.15) is 0 Å². The van der Waals surface area contributed by atoms with Crippen LogP contribution in [0.2, 0.25) is 0 Å². The molecule has 0 radical (unpaired) electrons. The molecule has 8 nitrogen and oxygen atoms in total. The van der Waals surface area contributed by atoms with Crippen LogP contribution in [0.15, 0.2) is 48.5 Å². The van der Waals surface area contributed by atoms with Gasteiger partial charge in [0.25, 0.3) is 0 Å². The molecule has 182 valence electrons. The first kappa shape index (κ1) is 25.2. The van der Waals surface area contributed by atoms with Crippen molar-refractivity contribution in [3.63, 3.8) is 0 Å². The maximum absolute atomic E-state index is 12.7. The van der Waals surface area contributed by atoms with E-state index in [9.17, 15) is 19.5 Å². The van der Waals surface area contributed by atoms with Gasteiger partial charge in [-0.25, -0.2) is 9.59 Å². The summed E-state index contributed by atoms with van der Waals surface area (Å²) in [6, 6.07) is 15.2. The van der Waals surface area contributed by atoms with Crippen LogP contribution in [0.5, 0.6) is 0 Å². The number of rotatable bonds is 9. The lowest BCUT2D eigenvalue weighted by Gasteiger charge is -2.26. The quantitative estimate of drug-likeness (QED) is 0.448. The third kappa shape index (κ3) is 6.35. The number of carboxylic acids is 1. The van der Waals surface area contributed by atoms with E-state index in [1.54, 1.807) is 0 Å². The summed E-state index contributed by atoms with van der Waals surface area (Å²) in [4.78, 5) is 36.1. The summed E-state index contributed by atoms with van der Waals surface area (Å²) in [6.07, 6.45) is -2.04. The van der Waals surface area contributed by atoms with Crippen molar-refractivity contribution in [2.75, 3.05) is 13.2 Å². The molecule has 2 aromatic carbocycles. The van der Waals surface area contributed by atoms with Crippen LogP contribution >= 0.6 is 0 Å². The molecule has 0 bridgehead atoms. The lowest BCUT2D eigenvalue weighted by molar-refractivity contribution is -0.147. The van der Waals surface area contributed by atoms with E-state index in [0.29, 0.717) is 6.42 Å². The number of aliphatic hydroxyl groups is 1. The largest absolute Gasteiger partial charge is 0.479 e. The zero-order chi connectivity index (χ0) is 24.9. The average Bonchev–Trinajstić information content (AvgIpc) is 3.10. The summed E-state index contributed by atoms with van der Waals surface area (Å²) in [6.45, 7) is 5.94. The molecular weight excluding hydrogens is 436 g/mol. The summed E-state index contributed by atoms with van der Waals surface area (Å²) < 4.78 is 5.56. The smallest absolute Gasteiger partial charge is 0.407 e. The number of hydrogen-bond donors (Lipinski definition) is 4. The van der Waals surface area contributed by atoms with Crippen molar-refractivity contribution in [3.05, 3.63) is 59.7 Å². The van der Waals surface area contributed by atoms with Gasteiger partial charge in [0, 0.05) is 18.9 Å². The van der Waals surface area contributed by atoms with Crippen molar-refractivity contribution >= 4 is 18.0 Å². The number of nitrogens with one attached hydrogen (secondary N) is 2. The molecule has 2 aromatic rings. The average molecular weight is 469 g/mol. The van der Waals surface area contributed by atoms with Crippen molar-refractivity contribution < 1.29 is 29.3 Å². The lowest BCUT2D eigenvalue weighted by Crippen LogP contribution is -2.49. The summed E-state index contributed by atoms with van der Waals surface area (Å²) in [5, 5.41) is 23.4. The molecule has 0 aliphatic heterocycles. The number of carbonyl (C=O) groups excluding carboxylic acids is 2. The normalized spacial score (nSPS) is 14.5. The highest BCUT2D eigenvalue weighted by Gasteiger charge is 2.31. The van der Waals surface area contributed by atoms with Crippen LogP contribution in [0, 0.1) is 5.41 Å². The zero-order valence-electron chi connectivity index (χ0n) is 19.7. The van der Waals surface area contributed by atoms with Gasteiger partial charge in [0.2, 0.25) is 5.91 Å². The number of fused-ring (bicyclic) bond motifs is 3. The standard InChI is InChI=1S/C26H32N2O6/c1-26(2,3)14-21(23(30)27-13-12-22(29)24(31)32)28-25(33)34-15-20-18-10-6-4-8-16(18)17-9-5-7-11-19(17)20/h4-11,20-22,29H,12-15H2,1-3H3,(H,27,30)(H,28,33)(H,31,32)/t21?,22-/m0/s1. The van der Waals surface area contributed by atoms with E-state index in [4.69, 9.17) is 9.84 Å². The maximum atomic E-state index is 12.7. The topological polar surface area (TPSA) is 125 Å². The SMILES string of the molecule is CC(C)(C)CC(NC(=O)OCC1c2ccccc2-c2ccccc21)C(=O)NCC[C@H](O)C(=O)O. The molecular formula is C26H32N2O6. The Morgan fingerprint density at radius 3 is 2.09 bits per heavy atom. The number of carboxylic acid groups (broad SMARTS) is 1. The highest BCUT2D eigenvalue weighted by molar-refractivity contribution is 5.86. The molecule has 0 saturated heterocycles. The summed E-state index contributed by atoms with van der Waals surface area (Å²) in [5.41, 5.74) is 4.18. The van der Waals surface area contributed by atoms with Gasteiger partial charge in [0.05, 0.1) is 0 Å². The fraction of sp³-hybridized carbons (Fsp3) is 0.423. The number of amides is 2. The van der Waals surface area contributed by atoms with E-state index < -0.39 is 30.1 Å². The number of carbonyl (C=O) groups is 3. The highest BCUT2D eigenvalue weighted by atomic mass is 16.5. The predicted octanol–water partition coefficient (Wildman–Crippen LogP) is 3.28. The number of alkyl carbamates (subject to hydrolysis) is 1. The fourth-order valence-corrected chi connectivity index (χ4v) is 4.18. The van der Waals surface area contributed by atoms with Gasteiger partial charge in [-0.05, 0) is 34.1 Å². The Labute approximate surface area is 199 Å². The second kappa shape index (κ2) is 10.7. The molecule has 0 aromatic heterocycles. The van der Waals surface area contributed by atoms with Crippen molar-refractivity contribution in [1.82, 2.24) is 10.6 Å². The molecule has 0 saturated carbocycles. The number of aliphatic hydroxyl groups excluding tert-OH is 1. The van der Waals surface area contributed by atoms with Gasteiger partial charge in [-0.1, -0.05) is 69.3 Å². The van der Waals surface area contributed by atoms with Gasteiger partial charge in [0.1, 0.15) is 12.6 Å². The molecule has 0 fully saturated rings. The van der Waals surface area contributed by atoms with Gasteiger partial charge in [-0.3, -0.25) is 4.79 Å². The first-order valence-electron chi connectivity index (χ1n) is 11.4. The third-order valence-corrected chi connectivity index (χ3v) is 5.77. The highest BCUT2D eigenvalue weighted by Crippen LogP contribution is 2.44. The van der Waals surface area contributed by atoms with Gasteiger partial charge >= 0.3 is 12.1 Å². The molecule has 1 aliphatic rings. The number of ether oxygens (including phenoxy) is 1. The van der Waals surface area contributed by atoms with E-state index in [0.717, 1.165) is 22.3 Å². The van der Waals surface area contributed by atoms with Crippen LogP contribution in [0.1, 0.15) is 50.7 Å². The Kier molecular flexibility index (Phi) is 7.94. The van der Waals surface area contributed by atoms with Crippen LogP contribution in [0.3, 0.4) is 0 Å². The summed E-state index contributed by atoms with van der Waals surface area (Å²) >= 11 is 0. The Morgan fingerprint density at radius 2 is 1.56 bits per heavy atom. The van der Waals surface area contributed by atoms with Crippen molar-refractivity contribution in [2.45, 2.75) is 51.7 Å². The second-order valence-electron chi connectivity index (χ2n) is 9.72. The molecule has 0 heterocycles. The predicted molar refractivity (Wildman–Crippen MR) is 127 cm³/mol. The number of aliphatic carboxylic acids is 1. The van der Waals surface area contributed by atoms with Crippen molar-refractivity contribution in [1.29, 1.82) is 0 Å². The lowest BCUT2D eigenvalue weighted by atomic mass is 9.88. The second-order valence-corrected chi connectivity index (χ2v) is 9.72. The molecule has 4 N–H and O–H groups in total. The number of hydrogen-bond acceptors (Lipinski definition) is 5. The van der Waals surface area contributed by atoms with Gasteiger partial charge in [0.15, 0.2) is 6.10 Å². The van der Waals surface area contributed by atoms with Crippen molar-refractivity contribution in [2.24, 2.45) is 5.41 Å². The Hall–Kier alpha value is -3.39. The Morgan fingerprint density at radius 1 is 1.00 bits per heavy atom. The molecule has 34 heavy (non-hydrogen) atoms. The van der Waals surface area contributed by atoms with Crippen LogP contribution in [-0.4, -0.2) is 53.5 Å². The molecule has 1 unspecified atom stereocenters.